The fraction of sp³-hybridized carbons (Fsp3) is 0.217. The molecule has 0 N–H and O–H groups in total. The first-order valence-electron chi connectivity index (χ1n) is 10.1. The van der Waals surface area contributed by atoms with E-state index in [0.29, 0.717) is 33.0 Å². The van der Waals surface area contributed by atoms with E-state index in [-0.39, 0.29) is 10.5 Å². The van der Waals surface area contributed by atoms with Crippen molar-refractivity contribution in [3.8, 4) is 5.69 Å². The average molecular weight is 468 g/mol. The zero-order valence-electron chi connectivity index (χ0n) is 18.3. The summed E-state index contributed by atoms with van der Waals surface area (Å²) in [6, 6.07) is 7.83. The second-order valence-electron chi connectivity index (χ2n) is 8.72. The van der Waals surface area contributed by atoms with Gasteiger partial charge in [0.05, 0.1) is 39.8 Å². The summed E-state index contributed by atoms with van der Waals surface area (Å²) in [6.07, 6.45) is 2.35. The van der Waals surface area contributed by atoms with Gasteiger partial charge in [0.2, 0.25) is 0 Å². The van der Waals surface area contributed by atoms with Crippen LogP contribution in [0.1, 0.15) is 20.8 Å². The molecule has 0 saturated carbocycles. The molecule has 0 aliphatic carbocycles. The number of aryl methyl sites for hydroxylation is 1. The van der Waals surface area contributed by atoms with Crippen LogP contribution in [0.2, 0.25) is 5.02 Å². The largest absolute Gasteiger partial charge is 0.442 e. The molecular weight excluding hydrogens is 449 g/mol. The number of fused-ring (bicyclic) bond motifs is 4. The summed E-state index contributed by atoms with van der Waals surface area (Å²) in [5.41, 5.74) is 0.883. The lowest BCUT2D eigenvalue weighted by Crippen LogP contribution is -2.27. The summed E-state index contributed by atoms with van der Waals surface area (Å²) in [5, 5.41) is 5.08. The van der Waals surface area contributed by atoms with Crippen molar-refractivity contribution in [2.75, 3.05) is 0 Å². The summed E-state index contributed by atoms with van der Waals surface area (Å²) < 4.78 is 24.1. The minimum atomic E-state index is -0.703. The molecule has 0 aliphatic rings. The number of pyridine rings is 1. The lowest BCUT2D eigenvalue weighted by Gasteiger charge is -2.19. The first-order valence-corrected chi connectivity index (χ1v) is 10.5. The highest BCUT2D eigenvalue weighted by atomic mass is 35.5. The van der Waals surface area contributed by atoms with E-state index in [9.17, 15) is 14.0 Å². The number of halogens is 2. The van der Waals surface area contributed by atoms with E-state index in [1.165, 1.54) is 29.2 Å². The van der Waals surface area contributed by atoms with Gasteiger partial charge in [0.25, 0.3) is 5.56 Å². The van der Waals surface area contributed by atoms with Gasteiger partial charge < -0.3 is 9.30 Å². The third-order valence-electron chi connectivity index (χ3n) is 5.28. The van der Waals surface area contributed by atoms with Crippen molar-refractivity contribution >= 4 is 50.5 Å². The first kappa shape index (κ1) is 21.1. The van der Waals surface area contributed by atoms with Crippen LogP contribution in [-0.2, 0) is 11.8 Å². The Balaban J connectivity index is 1.86. The van der Waals surface area contributed by atoms with Gasteiger partial charge in [-0.1, -0.05) is 17.7 Å². The number of nitrogens with zero attached hydrogens (tertiary/aromatic N) is 5. The second-order valence-corrected chi connectivity index (χ2v) is 9.13. The van der Waals surface area contributed by atoms with Gasteiger partial charge in [-0.05, 0) is 45.0 Å². The van der Waals surface area contributed by atoms with E-state index >= 15 is 0 Å². The third kappa shape index (κ3) is 3.27. The molecule has 5 rings (SSSR count). The van der Waals surface area contributed by atoms with Crippen molar-refractivity contribution in [1.29, 1.82) is 0 Å². The van der Waals surface area contributed by atoms with Crippen LogP contribution < -0.4 is 5.56 Å². The molecule has 8 nitrogen and oxygen atoms in total. The SMILES string of the molecule is Cn1cnc2c(=O)n(-c3cccc4c3cnn4C(=O)OC(C)(C)C)c3cc(Cl)c(F)cc3c21. The van der Waals surface area contributed by atoms with Crippen molar-refractivity contribution in [1.82, 2.24) is 23.9 Å². The number of imidazole rings is 1. The number of hydrogen-bond acceptors (Lipinski definition) is 5. The normalized spacial score (nSPS) is 12.2. The highest BCUT2D eigenvalue weighted by Gasteiger charge is 2.23. The van der Waals surface area contributed by atoms with Crippen LogP contribution in [0, 0.1) is 5.82 Å². The van der Waals surface area contributed by atoms with Crippen LogP contribution in [0.4, 0.5) is 9.18 Å². The topological polar surface area (TPSA) is 83.9 Å². The molecule has 0 radical (unpaired) electrons. The van der Waals surface area contributed by atoms with Gasteiger partial charge in [-0.3, -0.25) is 9.36 Å². The molecule has 3 aromatic heterocycles. The molecule has 5 aromatic rings. The molecule has 0 unspecified atom stereocenters. The Bertz CT molecular complexity index is 1660. The zero-order valence-corrected chi connectivity index (χ0v) is 19.0. The van der Waals surface area contributed by atoms with Crippen molar-refractivity contribution in [2.24, 2.45) is 7.05 Å². The number of aromatic nitrogens is 5. The maximum Gasteiger partial charge on any atom is 0.435 e. The predicted molar refractivity (Wildman–Crippen MR) is 124 cm³/mol. The summed E-state index contributed by atoms with van der Waals surface area (Å²) in [7, 11) is 1.73. The van der Waals surface area contributed by atoms with Crippen molar-refractivity contribution in [2.45, 2.75) is 26.4 Å². The Morgan fingerprint density at radius 3 is 2.64 bits per heavy atom. The first-order chi connectivity index (χ1) is 15.6. The maximum atomic E-state index is 14.4. The molecule has 10 heteroatoms. The monoisotopic (exact) mass is 467 g/mol. The molecule has 168 valence electrons. The predicted octanol–water partition coefficient (Wildman–Crippen LogP) is 4.80. The number of carbonyl (C=O) groups excluding carboxylic acids is 1. The van der Waals surface area contributed by atoms with Crippen molar-refractivity contribution < 1.29 is 13.9 Å². The lowest BCUT2D eigenvalue weighted by molar-refractivity contribution is 0.0522. The molecule has 0 spiro atoms. The molecule has 0 amide bonds. The van der Waals surface area contributed by atoms with Gasteiger partial charge in [-0.15, -0.1) is 0 Å². The van der Waals surface area contributed by atoms with E-state index in [0.717, 1.165) is 4.68 Å². The van der Waals surface area contributed by atoms with Crippen LogP contribution >= 0.6 is 11.6 Å². The minimum Gasteiger partial charge on any atom is -0.442 e. The number of rotatable bonds is 1. The molecule has 0 saturated heterocycles. The van der Waals surface area contributed by atoms with Crippen molar-refractivity contribution in [3.63, 3.8) is 0 Å². The highest BCUT2D eigenvalue weighted by Crippen LogP contribution is 2.31. The van der Waals surface area contributed by atoms with E-state index < -0.39 is 23.1 Å². The summed E-state index contributed by atoms with van der Waals surface area (Å²) in [4.78, 5) is 30.5. The Hall–Kier alpha value is -3.72. The second kappa shape index (κ2) is 7.14. The standard InChI is InChI=1S/C23H19ClFN5O3/c1-23(2,3)33-22(32)30-17-7-5-6-16(13(17)10-27-30)29-18-9-14(24)15(25)8-12(18)20-19(21(29)31)26-11-28(20)4/h5-11H,1-4H3. The zero-order chi connectivity index (χ0) is 23.7. The molecule has 0 aliphatic heterocycles. The van der Waals surface area contributed by atoms with Crippen LogP contribution in [-0.4, -0.2) is 35.6 Å². The smallest absolute Gasteiger partial charge is 0.435 e. The van der Waals surface area contributed by atoms with E-state index in [2.05, 4.69) is 10.1 Å². The lowest BCUT2D eigenvalue weighted by atomic mass is 10.1. The Morgan fingerprint density at radius 1 is 1.15 bits per heavy atom. The number of carbonyl (C=O) groups is 1. The van der Waals surface area contributed by atoms with E-state index in [1.54, 1.807) is 50.6 Å². The number of benzene rings is 2. The van der Waals surface area contributed by atoms with Crippen molar-refractivity contribution in [3.05, 3.63) is 64.0 Å². The maximum absolute atomic E-state index is 14.4. The summed E-state index contributed by atoms with van der Waals surface area (Å²) in [5.74, 6) is -0.604. The fourth-order valence-corrected chi connectivity index (χ4v) is 4.11. The molecule has 0 bridgehead atoms. The number of hydrogen-bond donors (Lipinski definition) is 0. The van der Waals surface area contributed by atoms with Gasteiger partial charge in [0.1, 0.15) is 11.4 Å². The highest BCUT2D eigenvalue weighted by molar-refractivity contribution is 6.31. The Morgan fingerprint density at radius 2 is 1.91 bits per heavy atom. The number of ether oxygens (including phenoxy) is 1. The van der Waals surface area contributed by atoms with Gasteiger partial charge in [0.15, 0.2) is 5.52 Å². The summed E-state index contributed by atoms with van der Waals surface area (Å²) in [6.45, 7) is 5.29. The van der Waals surface area contributed by atoms with Gasteiger partial charge in [-0.25, -0.2) is 14.2 Å². The molecule has 33 heavy (non-hydrogen) atoms. The van der Waals surface area contributed by atoms with Gasteiger partial charge in [0, 0.05) is 17.8 Å². The molecule has 0 atom stereocenters. The van der Waals surface area contributed by atoms with Crippen LogP contribution in [0.5, 0.6) is 0 Å². The van der Waals surface area contributed by atoms with E-state index in [4.69, 9.17) is 16.3 Å². The summed E-state index contributed by atoms with van der Waals surface area (Å²) >= 11 is 6.10. The van der Waals surface area contributed by atoms with Crippen LogP contribution in [0.15, 0.2) is 47.7 Å². The van der Waals surface area contributed by atoms with Gasteiger partial charge in [-0.2, -0.15) is 9.78 Å². The molecule has 0 fully saturated rings. The third-order valence-corrected chi connectivity index (χ3v) is 5.56. The van der Waals surface area contributed by atoms with E-state index in [1.807, 2.05) is 0 Å². The molecule has 2 aromatic carbocycles. The fourth-order valence-electron chi connectivity index (χ4n) is 3.95. The average Bonchev–Trinajstić information content (AvgIpc) is 3.33. The molecule has 3 heterocycles. The Kier molecular flexibility index (Phi) is 4.58. The van der Waals surface area contributed by atoms with Crippen LogP contribution in [0.3, 0.4) is 0 Å². The molecular formula is C23H19ClFN5O3. The van der Waals surface area contributed by atoms with Gasteiger partial charge >= 0.3 is 6.09 Å². The minimum absolute atomic E-state index is 0.117. The Labute approximate surface area is 191 Å². The van der Waals surface area contributed by atoms with Crippen LogP contribution in [0.25, 0.3) is 38.5 Å². The quantitative estimate of drug-likeness (QED) is 0.353.